The number of hydrogen-bond acceptors (Lipinski definition) is 3. The van der Waals surface area contributed by atoms with Crippen LogP contribution in [0.4, 0.5) is 4.39 Å². The molecule has 3 nitrogen and oxygen atoms in total. The highest BCUT2D eigenvalue weighted by atomic mass is 19.1. The average Bonchev–Trinajstić information content (AvgIpc) is 2.77. The summed E-state index contributed by atoms with van der Waals surface area (Å²) in [5.41, 5.74) is 0.893. The lowest BCUT2D eigenvalue weighted by molar-refractivity contribution is 0.248. The van der Waals surface area contributed by atoms with Gasteiger partial charge in [-0.3, -0.25) is 4.90 Å². The molecule has 0 saturated carbocycles. The van der Waals surface area contributed by atoms with Crippen molar-refractivity contribution in [3.05, 3.63) is 29.6 Å². The highest BCUT2D eigenvalue weighted by molar-refractivity contribution is 5.27. The van der Waals surface area contributed by atoms with E-state index in [4.69, 9.17) is 5.11 Å². The number of nitrogens with one attached hydrogen (secondary N) is 1. The summed E-state index contributed by atoms with van der Waals surface area (Å²) in [6, 6.07) is 5.09. The number of halogens is 1. The molecule has 16 heavy (non-hydrogen) atoms. The van der Waals surface area contributed by atoms with Gasteiger partial charge in [0.1, 0.15) is 0 Å². The first-order valence-corrected chi connectivity index (χ1v) is 5.55. The zero-order valence-electron chi connectivity index (χ0n) is 9.41. The highest BCUT2D eigenvalue weighted by Crippen LogP contribution is 2.18. The third-order valence-corrected chi connectivity index (χ3v) is 3.10. The number of nitrogens with zero attached hydrogens (tertiary/aromatic N) is 1. The average molecular weight is 224 g/mol. The molecule has 1 unspecified atom stereocenters. The van der Waals surface area contributed by atoms with E-state index in [1.165, 1.54) is 12.1 Å². The second-order valence-electron chi connectivity index (χ2n) is 4.35. The zero-order valence-corrected chi connectivity index (χ0v) is 9.41. The molecule has 0 amide bonds. The second-order valence-corrected chi connectivity index (χ2v) is 4.35. The molecule has 1 aliphatic heterocycles. The van der Waals surface area contributed by atoms with Crippen molar-refractivity contribution < 1.29 is 9.50 Å². The van der Waals surface area contributed by atoms with E-state index in [-0.39, 0.29) is 5.75 Å². The SMILES string of the molecule is CN(Cc1ccc(O)c(F)c1)C1CCNC1. The smallest absolute Gasteiger partial charge is 0.165 e. The molecule has 1 atom stereocenters. The number of phenols is 1. The van der Waals surface area contributed by atoms with Crippen LogP contribution in [0.3, 0.4) is 0 Å². The van der Waals surface area contributed by atoms with Crippen molar-refractivity contribution >= 4 is 0 Å². The van der Waals surface area contributed by atoms with Gasteiger partial charge in [0.25, 0.3) is 0 Å². The number of aromatic hydroxyl groups is 1. The Hall–Kier alpha value is -1.13. The van der Waals surface area contributed by atoms with E-state index in [0.29, 0.717) is 12.6 Å². The number of phenolic OH excluding ortho intramolecular Hbond substituents is 1. The Bertz CT molecular complexity index is 364. The Balaban J connectivity index is 1.99. The van der Waals surface area contributed by atoms with Gasteiger partial charge in [0.15, 0.2) is 11.6 Å². The lowest BCUT2D eigenvalue weighted by Crippen LogP contribution is -2.32. The fourth-order valence-corrected chi connectivity index (χ4v) is 2.08. The first-order chi connectivity index (χ1) is 7.66. The third-order valence-electron chi connectivity index (χ3n) is 3.10. The first kappa shape index (κ1) is 11.4. The normalized spacial score (nSPS) is 20.6. The van der Waals surface area contributed by atoms with Gasteiger partial charge in [-0.15, -0.1) is 0 Å². The number of benzene rings is 1. The first-order valence-electron chi connectivity index (χ1n) is 5.55. The largest absolute Gasteiger partial charge is 0.505 e. The summed E-state index contributed by atoms with van der Waals surface area (Å²) < 4.78 is 13.1. The molecule has 1 fully saturated rings. The molecule has 2 N–H and O–H groups in total. The Morgan fingerprint density at radius 1 is 1.56 bits per heavy atom. The van der Waals surface area contributed by atoms with Crippen LogP contribution in [-0.2, 0) is 6.54 Å². The van der Waals surface area contributed by atoms with E-state index < -0.39 is 5.82 Å². The molecule has 1 saturated heterocycles. The molecule has 4 heteroatoms. The standard InChI is InChI=1S/C12H17FN2O/c1-15(10-4-5-14-7-10)8-9-2-3-12(16)11(13)6-9/h2-3,6,10,14,16H,4-5,7-8H2,1H3. The van der Waals surface area contributed by atoms with Crippen LogP contribution in [0.2, 0.25) is 0 Å². The van der Waals surface area contributed by atoms with Gasteiger partial charge in [-0.2, -0.15) is 0 Å². The third kappa shape index (κ3) is 2.51. The predicted molar refractivity (Wildman–Crippen MR) is 60.8 cm³/mol. The summed E-state index contributed by atoms with van der Waals surface area (Å²) in [5, 5.41) is 12.4. The van der Waals surface area contributed by atoms with Gasteiger partial charge < -0.3 is 10.4 Å². The van der Waals surface area contributed by atoms with Gasteiger partial charge in [0.2, 0.25) is 0 Å². The minimum atomic E-state index is -0.546. The topological polar surface area (TPSA) is 35.5 Å². The summed E-state index contributed by atoms with van der Waals surface area (Å²) >= 11 is 0. The summed E-state index contributed by atoms with van der Waals surface area (Å²) in [7, 11) is 2.04. The predicted octanol–water partition coefficient (Wildman–Crippen LogP) is 1.32. The van der Waals surface area contributed by atoms with Gasteiger partial charge >= 0.3 is 0 Å². The molecule has 0 radical (unpaired) electrons. The summed E-state index contributed by atoms with van der Waals surface area (Å²) in [5.74, 6) is -0.829. The van der Waals surface area contributed by atoms with Crippen LogP contribution < -0.4 is 5.32 Å². The maximum Gasteiger partial charge on any atom is 0.165 e. The Kier molecular flexibility index (Phi) is 3.41. The van der Waals surface area contributed by atoms with Crippen LogP contribution in [0.5, 0.6) is 5.75 Å². The molecule has 0 bridgehead atoms. The zero-order chi connectivity index (χ0) is 11.5. The number of rotatable bonds is 3. The van der Waals surface area contributed by atoms with Crippen molar-refractivity contribution in [2.24, 2.45) is 0 Å². The maximum absolute atomic E-state index is 13.1. The van der Waals surface area contributed by atoms with E-state index in [1.54, 1.807) is 6.07 Å². The van der Waals surface area contributed by atoms with Crippen LogP contribution in [0.15, 0.2) is 18.2 Å². The van der Waals surface area contributed by atoms with Crippen LogP contribution in [0.25, 0.3) is 0 Å². The van der Waals surface area contributed by atoms with E-state index >= 15 is 0 Å². The molecule has 1 aromatic carbocycles. The van der Waals surface area contributed by atoms with Crippen molar-refractivity contribution in [3.8, 4) is 5.75 Å². The molecular formula is C12H17FN2O. The summed E-state index contributed by atoms with van der Waals surface area (Å²) in [4.78, 5) is 2.21. The van der Waals surface area contributed by atoms with Crippen molar-refractivity contribution in [2.45, 2.75) is 19.0 Å². The van der Waals surface area contributed by atoms with Crippen LogP contribution in [0, 0.1) is 5.82 Å². The van der Waals surface area contributed by atoms with Gasteiger partial charge in [0, 0.05) is 19.1 Å². The van der Waals surface area contributed by atoms with Gasteiger partial charge in [-0.25, -0.2) is 4.39 Å². The highest BCUT2D eigenvalue weighted by Gasteiger charge is 2.19. The quantitative estimate of drug-likeness (QED) is 0.813. The maximum atomic E-state index is 13.1. The van der Waals surface area contributed by atoms with Gasteiger partial charge in [-0.1, -0.05) is 6.07 Å². The fourth-order valence-electron chi connectivity index (χ4n) is 2.08. The van der Waals surface area contributed by atoms with Crippen LogP contribution in [0.1, 0.15) is 12.0 Å². The number of likely N-dealkylation sites (N-methyl/N-ethyl adjacent to an activating group) is 1. The van der Waals surface area contributed by atoms with Crippen molar-refractivity contribution in [1.29, 1.82) is 0 Å². The fraction of sp³-hybridized carbons (Fsp3) is 0.500. The number of hydrogen-bond donors (Lipinski definition) is 2. The monoisotopic (exact) mass is 224 g/mol. The van der Waals surface area contributed by atoms with Gasteiger partial charge in [-0.05, 0) is 37.7 Å². The molecule has 2 rings (SSSR count). The molecule has 1 heterocycles. The summed E-state index contributed by atoms with van der Waals surface area (Å²) in [6.07, 6.45) is 1.14. The Morgan fingerprint density at radius 2 is 2.38 bits per heavy atom. The molecule has 0 spiro atoms. The van der Waals surface area contributed by atoms with E-state index in [9.17, 15) is 4.39 Å². The lowest BCUT2D eigenvalue weighted by Gasteiger charge is -2.23. The molecule has 1 aromatic rings. The van der Waals surface area contributed by atoms with Crippen LogP contribution in [-0.4, -0.2) is 36.2 Å². The van der Waals surface area contributed by atoms with Crippen molar-refractivity contribution in [2.75, 3.05) is 20.1 Å². The lowest BCUT2D eigenvalue weighted by atomic mass is 10.1. The molecule has 0 aliphatic carbocycles. The van der Waals surface area contributed by atoms with Crippen LogP contribution >= 0.6 is 0 Å². The van der Waals surface area contributed by atoms with Crippen molar-refractivity contribution in [3.63, 3.8) is 0 Å². The van der Waals surface area contributed by atoms with Crippen molar-refractivity contribution in [1.82, 2.24) is 10.2 Å². The van der Waals surface area contributed by atoms with E-state index in [2.05, 4.69) is 10.2 Å². The Labute approximate surface area is 94.9 Å². The molecule has 88 valence electrons. The Morgan fingerprint density at radius 3 is 3.00 bits per heavy atom. The molecular weight excluding hydrogens is 207 g/mol. The van der Waals surface area contributed by atoms with E-state index in [0.717, 1.165) is 25.1 Å². The van der Waals surface area contributed by atoms with E-state index in [1.807, 2.05) is 7.05 Å². The minimum absolute atomic E-state index is 0.283. The second kappa shape index (κ2) is 4.80. The minimum Gasteiger partial charge on any atom is -0.505 e. The van der Waals surface area contributed by atoms with Gasteiger partial charge in [0.05, 0.1) is 0 Å². The molecule has 1 aliphatic rings. The molecule has 0 aromatic heterocycles. The summed E-state index contributed by atoms with van der Waals surface area (Å²) in [6.45, 7) is 2.76.